The quantitative estimate of drug-likeness (QED) is 0.863. The van der Waals surface area contributed by atoms with Gasteiger partial charge in [-0.25, -0.2) is 4.39 Å². The molecule has 1 heterocycles. The summed E-state index contributed by atoms with van der Waals surface area (Å²) in [6.45, 7) is 1.67. The van der Waals surface area contributed by atoms with Crippen LogP contribution in [0.3, 0.4) is 0 Å². The molecular formula is C16H13FO3. The summed E-state index contributed by atoms with van der Waals surface area (Å²) in [5.74, 6) is 0.0275. The highest BCUT2D eigenvalue weighted by Crippen LogP contribution is 2.37. The molecule has 4 heteroatoms. The van der Waals surface area contributed by atoms with E-state index in [0.29, 0.717) is 22.4 Å². The van der Waals surface area contributed by atoms with Gasteiger partial charge in [-0.1, -0.05) is 12.1 Å². The van der Waals surface area contributed by atoms with Crippen molar-refractivity contribution in [2.24, 2.45) is 0 Å². The van der Waals surface area contributed by atoms with E-state index in [0.717, 1.165) is 0 Å². The Hall–Kier alpha value is -2.36. The Labute approximate surface area is 115 Å². The number of fused-ring (bicyclic) bond motifs is 1. The number of carbonyl (C=O) groups is 1. The van der Waals surface area contributed by atoms with Crippen LogP contribution in [0.2, 0.25) is 0 Å². The molecule has 0 radical (unpaired) electrons. The van der Waals surface area contributed by atoms with Crippen LogP contribution in [0.15, 0.2) is 36.4 Å². The van der Waals surface area contributed by atoms with Crippen LogP contribution in [-0.2, 0) is 0 Å². The smallest absolute Gasteiger partial charge is 0.170 e. The molecule has 1 aliphatic rings. The molecule has 0 aliphatic carbocycles. The van der Waals surface area contributed by atoms with Gasteiger partial charge >= 0.3 is 0 Å². The fraction of sp³-hybridized carbons (Fsp3) is 0.188. The van der Waals surface area contributed by atoms with Crippen LogP contribution >= 0.6 is 0 Å². The van der Waals surface area contributed by atoms with Crippen molar-refractivity contribution < 1.29 is 19.0 Å². The minimum atomic E-state index is -0.491. The summed E-state index contributed by atoms with van der Waals surface area (Å²) < 4.78 is 19.4. The third-order valence-electron chi connectivity index (χ3n) is 3.56. The van der Waals surface area contributed by atoms with Crippen molar-refractivity contribution in [2.75, 3.05) is 0 Å². The molecule has 0 bridgehead atoms. The molecule has 1 unspecified atom stereocenters. The molecule has 0 saturated heterocycles. The first-order valence-corrected chi connectivity index (χ1v) is 6.34. The molecule has 102 valence electrons. The highest BCUT2D eigenvalue weighted by atomic mass is 19.1. The van der Waals surface area contributed by atoms with Crippen LogP contribution in [0.5, 0.6) is 11.5 Å². The molecule has 1 aliphatic heterocycles. The van der Waals surface area contributed by atoms with Crippen LogP contribution in [0.4, 0.5) is 4.39 Å². The largest absolute Gasteiger partial charge is 0.508 e. The van der Waals surface area contributed by atoms with Crippen LogP contribution in [0.1, 0.15) is 34.0 Å². The van der Waals surface area contributed by atoms with Gasteiger partial charge in [0.05, 0.1) is 12.0 Å². The van der Waals surface area contributed by atoms with Crippen LogP contribution in [0, 0.1) is 12.7 Å². The van der Waals surface area contributed by atoms with E-state index in [1.165, 1.54) is 18.2 Å². The van der Waals surface area contributed by atoms with E-state index in [1.54, 1.807) is 25.1 Å². The fourth-order valence-corrected chi connectivity index (χ4v) is 2.46. The zero-order chi connectivity index (χ0) is 14.3. The Balaban J connectivity index is 2.01. The molecule has 3 rings (SSSR count). The molecule has 0 amide bonds. The number of rotatable bonds is 1. The van der Waals surface area contributed by atoms with Gasteiger partial charge in [-0.3, -0.25) is 4.79 Å². The normalized spacial score (nSPS) is 17.5. The number of hydrogen-bond acceptors (Lipinski definition) is 3. The molecule has 20 heavy (non-hydrogen) atoms. The number of benzene rings is 2. The van der Waals surface area contributed by atoms with Crippen molar-refractivity contribution in [1.82, 2.24) is 0 Å². The number of phenolic OH excluding ortho intramolecular Hbond substituents is 1. The number of phenols is 1. The van der Waals surface area contributed by atoms with Crippen molar-refractivity contribution in [3.8, 4) is 11.5 Å². The van der Waals surface area contributed by atoms with Crippen LogP contribution in [0.25, 0.3) is 0 Å². The first kappa shape index (κ1) is 12.7. The summed E-state index contributed by atoms with van der Waals surface area (Å²) in [6.07, 6.45) is -0.351. The van der Waals surface area contributed by atoms with Crippen molar-refractivity contribution in [2.45, 2.75) is 19.4 Å². The maximum absolute atomic E-state index is 13.6. The lowest BCUT2D eigenvalue weighted by Gasteiger charge is -2.26. The molecule has 1 N–H and O–H groups in total. The third-order valence-corrected chi connectivity index (χ3v) is 3.56. The lowest BCUT2D eigenvalue weighted by atomic mass is 9.93. The van der Waals surface area contributed by atoms with Gasteiger partial charge < -0.3 is 9.84 Å². The number of halogens is 1. The van der Waals surface area contributed by atoms with Gasteiger partial charge in [0.2, 0.25) is 0 Å². The van der Waals surface area contributed by atoms with Gasteiger partial charge in [-0.15, -0.1) is 0 Å². The third kappa shape index (κ3) is 2.03. The number of hydrogen-bond donors (Lipinski definition) is 1. The van der Waals surface area contributed by atoms with Gasteiger partial charge in [0.1, 0.15) is 23.4 Å². The summed E-state index contributed by atoms with van der Waals surface area (Å²) in [6, 6.07) is 9.18. The first-order chi connectivity index (χ1) is 9.56. The molecular weight excluding hydrogens is 259 g/mol. The van der Waals surface area contributed by atoms with E-state index >= 15 is 0 Å². The molecule has 0 spiro atoms. The summed E-state index contributed by atoms with van der Waals surface area (Å²) in [5, 5.41) is 9.41. The molecule has 0 aromatic heterocycles. The fourth-order valence-electron chi connectivity index (χ4n) is 2.46. The zero-order valence-corrected chi connectivity index (χ0v) is 10.9. The van der Waals surface area contributed by atoms with E-state index in [9.17, 15) is 14.3 Å². The van der Waals surface area contributed by atoms with Gasteiger partial charge in [-0.2, -0.15) is 0 Å². The summed E-state index contributed by atoms with van der Waals surface area (Å²) in [4.78, 5) is 12.1. The Bertz CT molecular complexity index is 694. The number of Topliss-reactive ketones (excluding diaryl/α,β-unsaturated/α-hetero) is 1. The summed E-state index contributed by atoms with van der Waals surface area (Å²) in [5.41, 5.74) is 1.54. The maximum Gasteiger partial charge on any atom is 0.170 e. The van der Waals surface area contributed by atoms with Gasteiger partial charge in [0.25, 0.3) is 0 Å². The second-order valence-corrected chi connectivity index (χ2v) is 4.87. The van der Waals surface area contributed by atoms with E-state index in [1.807, 2.05) is 0 Å². The molecule has 1 atom stereocenters. The highest BCUT2D eigenvalue weighted by molar-refractivity contribution is 6.00. The predicted octanol–water partition coefficient (Wildman–Crippen LogP) is 3.55. The standard InChI is InChI=1S/C16H13FO3/c1-9-11(3-2-4-13(9)17)16-8-14(19)12-7-10(18)5-6-15(12)20-16/h2-7,16,18H,8H2,1H3. The highest BCUT2D eigenvalue weighted by Gasteiger charge is 2.29. The van der Waals surface area contributed by atoms with Crippen molar-refractivity contribution in [3.63, 3.8) is 0 Å². The average molecular weight is 272 g/mol. The molecule has 2 aromatic carbocycles. The lowest BCUT2D eigenvalue weighted by molar-refractivity contribution is 0.0848. The number of ketones is 1. The van der Waals surface area contributed by atoms with Gasteiger partial charge in [0, 0.05) is 0 Å². The second-order valence-electron chi connectivity index (χ2n) is 4.87. The topological polar surface area (TPSA) is 46.5 Å². The van der Waals surface area contributed by atoms with Crippen LogP contribution in [-0.4, -0.2) is 10.9 Å². The first-order valence-electron chi connectivity index (χ1n) is 6.34. The van der Waals surface area contributed by atoms with E-state index in [4.69, 9.17) is 4.74 Å². The summed E-state index contributed by atoms with van der Waals surface area (Å²) >= 11 is 0. The summed E-state index contributed by atoms with van der Waals surface area (Å²) in [7, 11) is 0. The monoisotopic (exact) mass is 272 g/mol. The maximum atomic E-state index is 13.6. The minimum absolute atomic E-state index is 0.0288. The van der Waals surface area contributed by atoms with Crippen LogP contribution < -0.4 is 4.74 Å². The van der Waals surface area contributed by atoms with Gasteiger partial charge in [0.15, 0.2) is 5.78 Å². The lowest BCUT2D eigenvalue weighted by Crippen LogP contribution is -2.21. The van der Waals surface area contributed by atoms with Gasteiger partial charge in [-0.05, 0) is 42.3 Å². The Morgan fingerprint density at radius 1 is 1.30 bits per heavy atom. The zero-order valence-electron chi connectivity index (χ0n) is 10.9. The SMILES string of the molecule is Cc1c(F)cccc1C1CC(=O)c2cc(O)ccc2O1. The number of aromatic hydroxyl groups is 1. The molecule has 2 aromatic rings. The molecule has 0 fully saturated rings. The van der Waals surface area contributed by atoms with E-state index in [2.05, 4.69) is 0 Å². The average Bonchev–Trinajstić information content (AvgIpc) is 2.42. The van der Waals surface area contributed by atoms with Crippen molar-refractivity contribution in [1.29, 1.82) is 0 Å². The van der Waals surface area contributed by atoms with E-state index in [-0.39, 0.29) is 23.8 Å². The predicted molar refractivity (Wildman–Crippen MR) is 71.6 cm³/mol. The van der Waals surface area contributed by atoms with Crippen molar-refractivity contribution >= 4 is 5.78 Å². The van der Waals surface area contributed by atoms with Crippen molar-refractivity contribution in [3.05, 3.63) is 58.9 Å². The van der Waals surface area contributed by atoms with E-state index < -0.39 is 6.10 Å². The Morgan fingerprint density at radius 2 is 2.10 bits per heavy atom. The molecule has 0 saturated carbocycles. The minimum Gasteiger partial charge on any atom is -0.508 e. The second kappa shape index (κ2) is 4.63. The molecule has 3 nitrogen and oxygen atoms in total. The number of ether oxygens (including phenoxy) is 1. The Morgan fingerprint density at radius 3 is 2.90 bits per heavy atom. The number of carbonyl (C=O) groups excluding carboxylic acids is 1. The Kier molecular flexibility index (Phi) is 2.93.